The fraction of sp³-hybridized carbons (Fsp3) is 0.917. The van der Waals surface area contributed by atoms with Crippen LogP contribution in [-0.2, 0) is 14.6 Å². The maximum Gasteiger partial charge on any atom is 0.237 e. The molecule has 0 atom stereocenters. The van der Waals surface area contributed by atoms with E-state index in [-0.39, 0.29) is 11.7 Å². The Morgan fingerprint density at radius 3 is 2.11 bits per heavy atom. The van der Waals surface area contributed by atoms with Gasteiger partial charge in [-0.2, -0.15) is 0 Å². The Morgan fingerprint density at radius 2 is 1.67 bits per heavy atom. The minimum absolute atomic E-state index is 0.153. The Kier molecular flexibility index (Phi) is 5.16. The molecule has 0 bridgehead atoms. The Labute approximate surface area is 110 Å². The Morgan fingerprint density at radius 1 is 1.17 bits per heavy atom. The highest BCUT2D eigenvalue weighted by atomic mass is 32.2. The van der Waals surface area contributed by atoms with E-state index in [0.717, 1.165) is 25.7 Å². The fourth-order valence-corrected chi connectivity index (χ4v) is 4.01. The monoisotopic (exact) mass is 276 g/mol. The van der Waals surface area contributed by atoms with E-state index in [9.17, 15) is 13.2 Å². The summed E-state index contributed by atoms with van der Waals surface area (Å²) in [4.78, 5) is 13.6. The van der Waals surface area contributed by atoms with E-state index in [4.69, 9.17) is 5.73 Å². The van der Waals surface area contributed by atoms with Gasteiger partial charge >= 0.3 is 0 Å². The summed E-state index contributed by atoms with van der Waals surface area (Å²) < 4.78 is 23.7. The maximum atomic E-state index is 12.0. The van der Waals surface area contributed by atoms with Crippen LogP contribution in [0.3, 0.4) is 0 Å². The summed E-state index contributed by atoms with van der Waals surface area (Å²) >= 11 is 0. The van der Waals surface area contributed by atoms with Gasteiger partial charge in [0.05, 0.1) is 5.75 Å². The fourth-order valence-electron chi connectivity index (χ4n) is 2.22. The number of nitrogens with zero attached hydrogens (tertiary/aromatic N) is 1. The SMILES string of the molecule is CC(C)(N)CS(=O)(=O)CC(=O)N1CCCCCC1. The van der Waals surface area contributed by atoms with E-state index < -0.39 is 21.1 Å². The van der Waals surface area contributed by atoms with Crippen molar-refractivity contribution in [1.29, 1.82) is 0 Å². The molecule has 0 aromatic heterocycles. The number of sulfone groups is 1. The Balaban J connectivity index is 2.57. The van der Waals surface area contributed by atoms with Crippen LogP contribution < -0.4 is 5.73 Å². The molecule has 5 nitrogen and oxygen atoms in total. The lowest BCUT2D eigenvalue weighted by Gasteiger charge is -2.22. The summed E-state index contributed by atoms with van der Waals surface area (Å²) in [6.07, 6.45) is 4.17. The van der Waals surface area contributed by atoms with Crippen molar-refractivity contribution in [3.63, 3.8) is 0 Å². The lowest BCUT2D eigenvalue weighted by molar-refractivity contribution is -0.128. The molecule has 0 aromatic rings. The van der Waals surface area contributed by atoms with Crippen molar-refractivity contribution in [2.24, 2.45) is 5.73 Å². The van der Waals surface area contributed by atoms with Crippen LogP contribution in [0.25, 0.3) is 0 Å². The zero-order valence-corrected chi connectivity index (χ0v) is 12.1. The number of amides is 1. The molecular formula is C12H24N2O3S. The molecule has 18 heavy (non-hydrogen) atoms. The van der Waals surface area contributed by atoms with Gasteiger partial charge in [-0.1, -0.05) is 12.8 Å². The van der Waals surface area contributed by atoms with E-state index in [0.29, 0.717) is 13.1 Å². The van der Waals surface area contributed by atoms with Crippen LogP contribution in [-0.4, -0.2) is 49.4 Å². The third kappa shape index (κ3) is 5.82. The Hall–Kier alpha value is -0.620. The standard InChI is InChI=1S/C12H24N2O3S/c1-12(2,13)10-18(16,17)9-11(15)14-7-5-3-4-6-8-14/h3-10,13H2,1-2H3. The van der Waals surface area contributed by atoms with Crippen molar-refractivity contribution in [1.82, 2.24) is 4.90 Å². The lowest BCUT2D eigenvalue weighted by Crippen LogP contribution is -2.44. The van der Waals surface area contributed by atoms with Crippen molar-refractivity contribution in [3.05, 3.63) is 0 Å². The predicted octanol–water partition coefficient (Wildman–Crippen LogP) is 0.541. The van der Waals surface area contributed by atoms with Gasteiger partial charge in [-0.25, -0.2) is 8.42 Å². The minimum Gasteiger partial charge on any atom is -0.342 e. The van der Waals surface area contributed by atoms with Crippen molar-refractivity contribution in [3.8, 4) is 0 Å². The van der Waals surface area contributed by atoms with Crippen LogP contribution >= 0.6 is 0 Å². The van der Waals surface area contributed by atoms with Gasteiger partial charge < -0.3 is 10.6 Å². The van der Waals surface area contributed by atoms with E-state index >= 15 is 0 Å². The molecule has 0 spiro atoms. The van der Waals surface area contributed by atoms with Gasteiger partial charge in [0.1, 0.15) is 5.75 Å². The first-order valence-electron chi connectivity index (χ1n) is 6.47. The second-order valence-electron chi connectivity index (χ2n) is 5.82. The number of likely N-dealkylation sites (tertiary alicyclic amines) is 1. The van der Waals surface area contributed by atoms with Crippen LogP contribution in [0.15, 0.2) is 0 Å². The number of rotatable bonds is 4. The number of hydrogen-bond acceptors (Lipinski definition) is 4. The van der Waals surface area contributed by atoms with Crippen LogP contribution in [0.5, 0.6) is 0 Å². The highest BCUT2D eigenvalue weighted by Gasteiger charge is 2.27. The normalized spacial score (nSPS) is 18.5. The summed E-state index contributed by atoms with van der Waals surface area (Å²) in [6, 6.07) is 0. The number of carbonyl (C=O) groups is 1. The van der Waals surface area contributed by atoms with E-state index in [1.165, 1.54) is 0 Å². The smallest absolute Gasteiger partial charge is 0.237 e. The van der Waals surface area contributed by atoms with E-state index in [1.807, 2.05) is 0 Å². The molecule has 1 amide bonds. The molecule has 0 aromatic carbocycles. The van der Waals surface area contributed by atoms with Crippen LogP contribution in [0.2, 0.25) is 0 Å². The molecule has 1 heterocycles. The largest absolute Gasteiger partial charge is 0.342 e. The van der Waals surface area contributed by atoms with Gasteiger partial charge in [0.25, 0.3) is 0 Å². The molecule has 0 saturated carbocycles. The highest BCUT2D eigenvalue weighted by Crippen LogP contribution is 2.11. The third-order valence-electron chi connectivity index (χ3n) is 2.89. The summed E-state index contributed by atoms with van der Waals surface area (Å²) in [5, 5.41) is 0. The molecule has 1 rings (SSSR count). The van der Waals surface area contributed by atoms with Crippen molar-refractivity contribution in [2.45, 2.75) is 45.1 Å². The quantitative estimate of drug-likeness (QED) is 0.812. The lowest BCUT2D eigenvalue weighted by atomic mass is 10.1. The predicted molar refractivity (Wildman–Crippen MR) is 72.0 cm³/mol. The zero-order valence-electron chi connectivity index (χ0n) is 11.3. The van der Waals surface area contributed by atoms with Gasteiger partial charge in [-0.3, -0.25) is 4.79 Å². The van der Waals surface area contributed by atoms with Crippen LogP contribution in [0, 0.1) is 0 Å². The molecule has 1 aliphatic rings. The third-order valence-corrected chi connectivity index (χ3v) is 4.76. The highest BCUT2D eigenvalue weighted by molar-refractivity contribution is 7.92. The average Bonchev–Trinajstić information content (AvgIpc) is 2.39. The number of hydrogen-bond donors (Lipinski definition) is 1. The average molecular weight is 276 g/mol. The first kappa shape index (κ1) is 15.4. The summed E-state index contributed by atoms with van der Waals surface area (Å²) in [5.74, 6) is -0.839. The minimum atomic E-state index is -3.42. The van der Waals surface area contributed by atoms with Crippen molar-refractivity contribution >= 4 is 15.7 Å². The molecule has 106 valence electrons. The van der Waals surface area contributed by atoms with E-state index in [2.05, 4.69) is 0 Å². The first-order chi connectivity index (χ1) is 8.20. The van der Waals surface area contributed by atoms with Gasteiger partial charge in [0.15, 0.2) is 9.84 Å². The number of carbonyl (C=O) groups excluding carboxylic acids is 1. The number of nitrogens with two attached hydrogens (primary N) is 1. The first-order valence-corrected chi connectivity index (χ1v) is 8.29. The summed E-state index contributed by atoms with van der Waals surface area (Å²) in [5.41, 5.74) is 4.90. The molecule has 2 N–H and O–H groups in total. The molecule has 1 fully saturated rings. The second-order valence-corrected chi connectivity index (χ2v) is 7.88. The molecule has 1 aliphatic heterocycles. The molecule has 0 aliphatic carbocycles. The van der Waals surface area contributed by atoms with Gasteiger partial charge in [-0.05, 0) is 26.7 Å². The molecule has 6 heteroatoms. The summed E-state index contributed by atoms with van der Waals surface area (Å²) in [7, 11) is -3.42. The second kappa shape index (κ2) is 6.02. The molecule has 0 radical (unpaired) electrons. The molecular weight excluding hydrogens is 252 g/mol. The zero-order chi connectivity index (χ0) is 13.8. The summed E-state index contributed by atoms with van der Waals surface area (Å²) in [6.45, 7) is 4.67. The van der Waals surface area contributed by atoms with E-state index in [1.54, 1.807) is 18.7 Å². The van der Waals surface area contributed by atoms with Gasteiger partial charge in [0, 0.05) is 18.6 Å². The maximum absolute atomic E-state index is 12.0. The Bertz CT molecular complexity index is 377. The van der Waals surface area contributed by atoms with Crippen LogP contribution in [0.1, 0.15) is 39.5 Å². The van der Waals surface area contributed by atoms with Crippen molar-refractivity contribution < 1.29 is 13.2 Å². The molecule has 0 unspecified atom stereocenters. The molecule has 1 saturated heterocycles. The topological polar surface area (TPSA) is 80.5 Å². The van der Waals surface area contributed by atoms with Crippen molar-refractivity contribution in [2.75, 3.05) is 24.6 Å². The van der Waals surface area contributed by atoms with Crippen LogP contribution in [0.4, 0.5) is 0 Å². The van der Waals surface area contributed by atoms with Gasteiger partial charge in [0.2, 0.25) is 5.91 Å². The van der Waals surface area contributed by atoms with Gasteiger partial charge in [-0.15, -0.1) is 0 Å².